The number of ether oxygens (including phenoxy) is 1. The van der Waals surface area contributed by atoms with Gasteiger partial charge in [-0.3, -0.25) is 9.69 Å². The summed E-state index contributed by atoms with van der Waals surface area (Å²) in [5, 5.41) is 11.5. The number of hydrogen-bond acceptors (Lipinski definition) is 4. The third kappa shape index (κ3) is 2.95. The van der Waals surface area contributed by atoms with Crippen LogP contribution in [-0.4, -0.2) is 65.7 Å². The zero-order valence-corrected chi connectivity index (χ0v) is 18.1. The Bertz CT molecular complexity index is 941. The number of nitrogens with one attached hydrogen (secondary N) is 1. The van der Waals surface area contributed by atoms with E-state index in [-0.39, 0.29) is 24.0 Å². The summed E-state index contributed by atoms with van der Waals surface area (Å²) in [7, 11) is 1.69. The number of hydrogen-bond donors (Lipinski definition) is 2. The number of likely N-dealkylation sites (N-methyl/N-ethyl adjacent to an activating group) is 1. The molecule has 2 N–H and O–H groups in total. The molecule has 1 aliphatic carbocycles. The Morgan fingerprint density at radius 1 is 1.30 bits per heavy atom. The highest BCUT2D eigenvalue weighted by Crippen LogP contribution is 2.49. The fourth-order valence-electron chi connectivity index (χ4n) is 5.92. The van der Waals surface area contributed by atoms with E-state index in [1.54, 1.807) is 7.11 Å². The molecular weight excluding hydrogens is 378 g/mol. The Morgan fingerprint density at radius 2 is 2.07 bits per heavy atom. The number of carbonyl (C=O) groups is 1. The maximum Gasteiger partial charge on any atom is 0.225 e. The van der Waals surface area contributed by atoms with E-state index in [0.717, 1.165) is 68.8 Å². The average Bonchev–Trinajstić information content (AvgIpc) is 3.12. The number of likely N-dealkylation sites (tertiary alicyclic amines) is 1. The summed E-state index contributed by atoms with van der Waals surface area (Å²) in [6, 6.07) is 6.23. The van der Waals surface area contributed by atoms with Gasteiger partial charge in [-0.25, -0.2) is 0 Å². The molecule has 1 aromatic carbocycles. The van der Waals surface area contributed by atoms with Crippen molar-refractivity contribution in [3.05, 3.63) is 29.5 Å². The summed E-state index contributed by atoms with van der Waals surface area (Å²) in [6.07, 6.45) is 5.29. The van der Waals surface area contributed by atoms with Crippen LogP contribution in [0.3, 0.4) is 0 Å². The van der Waals surface area contributed by atoms with Crippen molar-refractivity contribution in [3.63, 3.8) is 0 Å². The largest absolute Gasteiger partial charge is 0.497 e. The minimum Gasteiger partial charge on any atom is -0.497 e. The minimum atomic E-state index is -0.0105. The number of nitrogens with zero attached hydrogens (tertiary/aromatic N) is 2. The Kier molecular flexibility index (Phi) is 5.02. The van der Waals surface area contributed by atoms with Crippen LogP contribution in [0.5, 0.6) is 5.75 Å². The van der Waals surface area contributed by atoms with Crippen LogP contribution in [0.2, 0.25) is 0 Å². The molecule has 2 aliphatic heterocycles. The van der Waals surface area contributed by atoms with Gasteiger partial charge in [0.05, 0.1) is 19.8 Å². The van der Waals surface area contributed by atoms with Crippen molar-refractivity contribution in [2.75, 3.05) is 39.9 Å². The molecule has 3 heterocycles. The van der Waals surface area contributed by atoms with E-state index in [1.165, 1.54) is 17.4 Å². The molecule has 1 aromatic heterocycles. The number of aliphatic hydroxyl groups excluding tert-OH is 1. The van der Waals surface area contributed by atoms with Gasteiger partial charge in [-0.15, -0.1) is 0 Å². The fourth-order valence-corrected chi connectivity index (χ4v) is 5.92. The summed E-state index contributed by atoms with van der Waals surface area (Å²) >= 11 is 0. The first-order valence-electron chi connectivity index (χ1n) is 11.4. The highest BCUT2D eigenvalue weighted by molar-refractivity contribution is 5.88. The lowest BCUT2D eigenvalue weighted by Crippen LogP contribution is -2.55. The number of aliphatic hydroxyl groups is 1. The maximum atomic E-state index is 12.8. The molecule has 1 amide bonds. The molecule has 30 heavy (non-hydrogen) atoms. The molecule has 5 rings (SSSR count). The van der Waals surface area contributed by atoms with Crippen molar-refractivity contribution >= 4 is 16.8 Å². The third-order valence-corrected chi connectivity index (χ3v) is 7.91. The van der Waals surface area contributed by atoms with E-state index < -0.39 is 0 Å². The number of methoxy groups -OCH3 is 1. The lowest BCUT2D eigenvalue weighted by atomic mass is 9.68. The van der Waals surface area contributed by atoms with Gasteiger partial charge in [0.25, 0.3) is 0 Å². The van der Waals surface area contributed by atoms with Crippen molar-refractivity contribution in [1.82, 2.24) is 14.8 Å². The molecule has 6 heteroatoms. The number of amides is 1. The number of fused-ring (bicyclic) bond motifs is 4. The topological polar surface area (TPSA) is 68.8 Å². The first-order chi connectivity index (χ1) is 14.6. The Labute approximate surface area is 178 Å². The summed E-state index contributed by atoms with van der Waals surface area (Å²) < 4.78 is 5.44. The van der Waals surface area contributed by atoms with Crippen molar-refractivity contribution in [2.45, 2.75) is 50.5 Å². The molecule has 0 bridgehead atoms. The second-order valence-corrected chi connectivity index (χ2v) is 9.32. The van der Waals surface area contributed by atoms with Crippen molar-refractivity contribution < 1.29 is 14.6 Å². The summed E-state index contributed by atoms with van der Waals surface area (Å²) in [5.74, 6) is 1.48. The van der Waals surface area contributed by atoms with Crippen LogP contribution in [0.4, 0.5) is 0 Å². The van der Waals surface area contributed by atoms with Crippen LogP contribution in [0.15, 0.2) is 18.2 Å². The monoisotopic (exact) mass is 411 g/mol. The predicted octanol–water partition coefficient (Wildman–Crippen LogP) is 3.21. The van der Waals surface area contributed by atoms with Crippen LogP contribution >= 0.6 is 0 Å². The van der Waals surface area contributed by atoms with Gasteiger partial charge in [-0.2, -0.15) is 0 Å². The first-order valence-corrected chi connectivity index (χ1v) is 11.4. The van der Waals surface area contributed by atoms with E-state index in [4.69, 9.17) is 4.74 Å². The molecule has 1 atom stereocenters. The number of aromatic amines is 1. The highest BCUT2D eigenvalue weighted by Gasteiger charge is 2.47. The molecule has 6 nitrogen and oxygen atoms in total. The second kappa shape index (κ2) is 7.57. The van der Waals surface area contributed by atoms with E-state index in [1.807, 2.05) is 6.07 Å². The number of benzene rings is 1. The Balaban J connectivity index is 1.53. The van der Waals surface area contributed by atoms with Crippen molar-refractivity contribution in [2.24, 2.45) is 5.92 Å². The lowest BCUT2D eigenvalue weighted by molar-refractivity contribution is -0.140. The predicted molar refractivity (Wildman–Crippen MR) is 117 cm³/mol. The van der Waals surface area contributed by atoms with Gasteiger partial charge in [-0.05, 0) is 49.9 Å². The average molecular weight is 412 g/mol. The molecular formula is C24H33N3O3. The fraction of sp³-hybridized carbons (Fsp3) is 0.625. The van der Waals surface area contributed by atoms with Gasteiger partial charge in [-0.1, -0.05) is 13.3 Å². The summed E-state index contributed by atoms with van der Waals surface area (Å²) in [5.41, 5.74) is 3.59. The molecule has 0 radical (unpaired) electrons. The van der Waals surface area contributed by atoms with E-state index in [9.17, 15) is 9.90 Å². The van der Waals surface area contributed by atoms with Crippen LogP contribution in [0, 0.1) is 5.92 Å². The van der Waals surface area contributed by atoms with Crippen LogP contribution in [0.25, 0.3) is 10.9 Å². The standard InChI is InChI=1S/C24H33N3O3/c1-3-26-15-24(9-11-27(12-10-24)23(29)16-5-4-6-16)21-18-8-7-17(30-2)13-19(18)25-22(21)20(26)14-28/h7-8,13,16,20,25,28H,3-6,9-12,14-15H2,1-2H3. The van der Waals surface area contributed by atoms with Crippen molar-refractivity contribution in [3.8, 4) is 5.75 Å². The van der Waals surface area contributed by atoms with Gasteiger partial charge in [0.1, 0.15) is 5.75 Å². The number of H-pyrrole nitrogens is 1. The molecule has 1 unspecified atom stereocenters. The lowest BCUT2D eigenvalue weighted by Gasteiger charge is -2.50. The Hall–Kier alpha value is -2.05. The molecule has 162 valence electrons. The Morgan fingerprint density at radius 3 is 2.67 bits per heavy atom. The van der Waals surface area contributed by atoms with Gasteiger partial charge >= 0.3 is 0 Å². The molecule has 2 aromatic rings. The number of aromatic nitrogens is 1. The molecule has 3 aliphatic rings. The van der Waals surface area contributed by atoms with E-state index in [2.05, 4.69) is 33.8 Å². The second-order valence-electron chi connectivity index (χ2n) is 9.32. The van der Waals surface area contributed by atoms with Crippen LogP contribution in [-0.2, 0) is 10.2 Å². The zero-order valence-electron chi connectivity index (χ0n) is 18.1. The normalized spacial score (nSPS) is 24.1. The van der Waals surface area contributed by atoms with E-state index >= 15 is 0 Å². The SMILES string of the molecule is CCN1CC2(CCN(C(=O)C3CCC3)CC2)c2c([nH]c3cc(OC)ccc23)C1CO. The number of piperidine rings is 1. The number of rotatable bonds is 4. The molecule has 2 fully saturated rings. The smallest absolute Gasteiger partial charge is 0.225 e. The van der Waals surface area contributed by atoms with E-state index in [0.29, 0.717) is 5.91 Å². The van der Waals surface area contributed by atoms with Crippen molar-refractivity contribution in [1.29, 1.82) is 0 Å². The van der Waals surface area contributed by atoms with Gasteiger partial charge in [0.2, 0.25) is 5.91 Å². The quantitative estimate of drug-likeness (QED) is 0.811. The van der Waals surface area contributed by atoms with Gasteiger partial charge in [0, 0.05) is 53.6 Å². The molecule has 1 saturated carbocycles. The maximum absolute atomic E-state index is 12.8. The highest BCUT2D eigenvalue weighted by atomic mass is 16.5. The molecule has 1 saturated heterocycles. The first kappa shape index (κ1) is 19.9. The third-order valence-electron chi connectivity index (χ3n) is 7.91. The van der Waals surface area contributed by atoms with Crippen LogP contribution in [0.1, 0.15) is 56.3 Å². The van der Waals surface area contributed by atoms with Gasteiger partial charge < -0.3 is 19.7 Å². The zero-order chi connectivity index (χ0) is 20.9. The van der Waals surface area contributed by atoms with Crippen LogP contribution < -0.4 is 4.74 Å². The summed E-state index contributed by atoms with van der Waals surface area (Å²) in [6.45, 7) is 5.77. The minimum absolute atomic E-state index is 0.0105. The molecule has 1 spiro atoms. The summed E-state index contributed by atoms with van der Waals surface area (Å²) in [4.78, 5) is 21.0. The number of carbonyl (C=O) groups excluding carboxylic acids is 1. The van der Waals surface area contributed by atoms with Gasteiger partial charge in [0.15, 0.2) is 0 Å².